The third-order valence-corrected chi connectivity index (χ3v) is 5.89. The third kappa shape index (κ3) is 2.30. The van der Waals surface area contributed by atoms with Crippen LogP contribution in [0.5, 0.6) is 0 Å². The topological polar surface area (TPSA) is 55.8 Å². The summed E-state index contributed by atoms with van der Waals surface area (Å²) in [5, 5.41) is 0. The minimum atomic E-state index is -0.645. The van der Waals surface area contributed by atoms with Crippen molar-refractivity contribution >= 4 is 17.6 Å². The van der Waals surface area contributed by atoms with Gasteiger partial charge >= 0.3 is 11.9 Å². The Morgan fingerprint density at radius 2 is 1.52 bits per heavy atom. The molecule has 5 heteroatoms. The minimum Gasteiger partial charge on any atom is -0.466 e. The maximum Gasteiger partial charge on any atom is 0.336 e. The van der Waals surface area contributed by atoms with Crippen LogP contribution in [-0.4, -0.2) is 37.7 Å². The van der Waals surface area contributed by atoms with Gasteiger partial charge in [-0.15, -0.1) is 0 Å². The second kappa shape index (κ2) is 5.85. The largest absolute Gasteiger partial charge is 0.466 e. The Bertz CT molecular complexity index is 841. The van der Waals surface area contributed by atoms with Crippen molar-refractivity contribution in [2.45, 2.75) is 58.5 Å². The number of nitrogens with zero attached hydrogens (tertiary/aromatic N) is 1. The molecule has 1 aromatic rings. The van der Waals surface area contributed by atoms with Gasteiger partial charge in [-0.2, -0.15) is 0 Å². The summed E-state index contributed by atoms with van der Waals surface area (Å²) in [5.41, 5.74) is 1.71. The molecule has 1 heterocycles. The Balaban J connectivity index is 2.45. The van der Waals surface area contributed by atoms with Crippen LogP contribution in [0, 0.1) is 5.41 Å². The average molecular weight is 371 g/mol. The van der Waals surface area contributed by atoms with Crippen LogP contribution in [-0.2, 0) is 24.5 Å². The van der Waals surface area contributed by atoms with Crippen LogP contribution >= 0.6 is 0 Å². The zero-order chi connectivity index (χ0) is 20.4. The van der Waals surface area contributed by atoms with E-state index in [2.05, 4.69) is 58.6 Å². The highest BCUT2D eigenvalue weighted by Gasteiger charge is 2.71. The number of methoxy groups -OCH3 is 2. The molecular formula is C22H29NO4. The first-order chi connectivity index (χ1) is 12.4. The number of hydrogen-bond donors (Lipinski definition) is 0. The van der Waals surface area contributed by atoms with Gasteiger partial charge < -0.3 is 14.4 Å². The summed E-state index contributed by atoms with van der Waals surface area (Å²) in [6.45, 7) is 12.7. The van der Waals surface area contributed by atoms with E-state index in [0.717, 1.165) is 11.3 Å². The van der Waals surface area contributed by atoms with Crippen LogP contribution in [0.1, 0.15) is 47.1 Å². The normalized spacial score (nSPS) is 24.1. The van der Waals surface area contributed by atoms with Crippen molar-refractivity contribution in [3.8, 4) is 0 Å². The first-order valence-corrected chi connectivity index (χ1v) is 9.24. The predicted octanol–water partition coefficient (Wildman–Crippen LogP) is 3.61. The lowest BCUT2D eigenvalue weighted by atomic mass is 9.47. The SMILES string of the molecule is COC(=O)C1=C(C(=O)OC)[C@@]2(C(C)(C)C)c3ccccc3N(C(C)(C)C)[C@@H]12. The molecule has 0 N–H and O–H groups in total. The predicted molar refractivity (Wildman–Crippen MR) is 105 cm³/mol. The number of ether oxygens (including phenoxy) is 2. The first-order valence-electron chi connectivity index (χ1n) is 9.24. The molecule has 3 rings (SSSR count). The highest BCUT2D eigenvalue weighted by atomic mass is 16.5. The highest BCUT2D eigenvalue weighted by Crippen LogP contribution is 2.67. The number of para-hydroxylation sites is 1. The molecule has 1 aliphatic carbocycles. The van der Waals surface area contributed by atoms with Crippen LogP contribution < -0.4 is 4.90 Å². The first kappa shape index (κ1) is 19.5. The molecule has 0 saturated carbocycles. The molecule has 1 aliphatic heterocycles. The highest BCUT2D eigenvalue weighted by molar-refractivity contribution is 6.10. The molecule has 2 atom stereocenters. The lowest BCUT2D eigenvalue weighted by Gasteiger charge is -2.57. The number of fused-ring (bicyclic) bond motifs is 3. The van der Waals surface area contributed by atoms with Crippen molar-refractivity contribution in [2.24, 2.45) is 5.41 Å². The molecule has 0 spiro atoms. The van der Waals surface area contributed by atoms with E-state index in [0.29, 0.717) is 11.1 Å². The van der Waals surface area contributed by atoms with Crippen molar-refractivity contribution in [2.75, 3.05) is 19.1 Å². The molecule has 0 unspecified atom stereocenters. The van der Waals surface area contributed by atoms with Gasteiger partial charge in [0.15, 0.2) is 0 Å². The van der Waals surface area contributed by atoms with E-state index in [1.165, 1.54) is 14.2 Å². The summed E-state index contributed by atoms with van der Waals surface area (Å²) in [6, 6.07) is 7.83. The van der Waals surface area contributed by atoms with Gasteiger partial charge in [-0.1, -0.05) is 39.0 Å². The smallest absolute Gasteiger partial charge is 0.336 e. The van der Waals surface area contributed by atoms with Gasteiger partial charge in [0, 0.05) is 11.2 Å². The molecule has 0 fully saturated rings. The second-order valence-electron chi connectivity index (χ2n) is 9.29. The van der Waals surface area contributed by atoms with Gasteiger partial charge in [0.2, 0.25) is 0 Å². The van der Waals surface area contributed by atoms with Crippen molar-refractivity contribution in [3.63, 3.8) is 0 Å². The molecule has 0 bridgehead atoms. The number of carbonyl (C=O) groups is 2. The summed E-state index contributed by atoms with van der Waals surface area (Å²) in [7, 11) is 2.71. The van der Waals surface area contributed by atoms with Crippen molar-refractivity contribution in [1.29, 1.82) is 0 Å². The van der Waals surface area contributed by atoms with Gasteiger partial charge in [-0.05, 0) is 37.8 Å². The Hall–Kier alpha value is -2.30. The monoisotopic (exact) mass is 371 g/mol. The van der Waals surface area contributed by atoms with Crippen molar-refractivity contribution in [1.82, 2.24) is 0 Å². The van der Waals surface area contributed by atoms with E-state index in [-0.39, 0.29) is 17.0 Å². The molecule has 0 amide bonds. The van der Waals surface area contributed by atoms with E-state index < -0.39 is 17.4 Å². The zero-order valence-electron chi connectivity index (χ0n) is 17.5. The van der Waals surface area contributed by atoms with Crippen LogP contribution in [0.15, 0.2) is 35.4 Å². The quantitative estimate of drug-likeness (QED) is 0.744. The fourth-order valence-corrected chi connectivity index (χ4v) is 5.02. The molecule has 0 aromatic heterocycles. The molecule has 0 saturated heterocycles. The number of rotatable bonds is 2. The van der Waals surface area contributed by atoms with Crippen LogP contribution in [0.4, 0.5) is 5.69 Å². The molecular weight excluding hydrogens is 342 g/mol. The molecule has 2 aliphatic rings. The molecule has 27 heavy (non-hydrogen) atoms. The average Bonchev–Trinajstić information content (AvgIpc) is 2.81. The van der Waals surface area contributed by atoms with Gasteiger partial charge in [0.25, 0.3) is 0 Å². The number of hydrogen-bond acceptors (Lipinski definition) is 5. The van der Waals surface area contributed by atoms with E-state index >= 15 is 0 Å². The molecule has 146 valence electrons. The second-order valence-corrected chi connectivity index (χ2v) is 9.29. The molecule has 5 nitrogen and oxygen atoms in total. The Labute approximate surface area is 161 Å². The number of benzene rings is 1. The maximum atomic E-state index is 12.9. The summed E-state index contributed by atoms with van der Waals surface area (Å²) in [6.07, 6.45) is 0. The van der Waals surface area contributed by atoms with Gasteiger partial charge in [-0.3, -0.25) is 0 Å². The van der Waals surface area contributed by atoms with Crippen LogP contribution in [0.3, 0.4) is 0 Å². The molecule has 0 radical (unpaired) electrons. The lowest BCUT2D eigenvalue weighted by Crippen LogP contribution is -2.67. The Morgan fingerprint density at radius 3 is 2.00 bits per heavy atom. The van der Waals surface area contributed by atoms with Gasteiger partial charge in [0.1, 0.15) is 0 Å². The summed E-state index contributed by atoms with van der Waals surface area (Å²) in [4.78, 5) is 27.9. The Morgan fingerprint density at radius 1 is 0.963 bits per heavy atom. The zero-order valence-corrected chi connectivity index (χ0v) is 17.5. The summed E-state index contributed by atoms with van der Waals surface area (Å²) < 4.78 is 10.2. The van der Waals surface area contributed by atoms with Crippen molar-refractivity contribution < 1.29 is 19.1 Å². The summed E-state index contributed by atoms with van der Waals surface area (Å²) in [5.74, 6) is -0.936. The standard InChI is InChI=1S/C22H29NO4/c1-20(2,3)22-13-11-9-10-12-14(13)23(21(4,5)6)17(22)15(18(24)26-7)16(22)19(25)27-8/h9-12,17H,1-8H3/t17-,22-/m0/s1. The van der Waals surface area contributed by atoms with Crippen LogP contribution in [0.2, 0.25) is 0 Å². The van der Waals surface area contributed by atoms with Gasteiger partial charge in [0.05, 0.1) is 36.8 Å². The fraction of sp³-hybridized carbons (Fsp3) is 0.545. The minimum absolute atomic E-state index is 0.255. The van der Waals surface area contributed by atoms with E-state index in [1.807, 2.05) is 12.1 Å². The van der Waals surface area contributed by atoms with E-state index in [1.54, 1.807) is 0 Å². The third-order valence-electron chi connectivity index (χ3n) is 5.89. The number of carbonyl (C=O) groups excluding carboxylic acids is 2. The molecule has 1 aromatic carbocycles. The summed E-state index contributed by atoms with van der Waals surface area (Å²) >= 11 is 0. The van der Waals surface area contributed by atoms with Gasteiger partial charge in [-0.25, -0.2) is 9.59 Å². The Kier molecular flexibility index (Phi) is 4.21. The lowest BCUT2D eigenvalue weighted by molar-refractivity contribution is -0.143. The van der Waals surface area contributed by atoms with Crippen LogP contribution in [0.25, 0.3) is 0 Å². The number of esters is 2. The van der Waals surface area contributed by atoms with Crippen molar-refractivity contribution in [3.05, 3.63) is 41.0 Å². The van der Waals surface area contributed by atoms with E-state index in [9.17, 15) is 9.59 Å². The van der Waals surface area contributed by atoms with E-state index in [4.69, 9.17) is 9.47 Å². The number of anilines is 1. The maximum absolute atomic E-state index is 12.9. The fourth-order valence-electron chi connectivity index (χ4n) is 5.02.